The molecule has 5 heteroatoms. The van der Waals surface area contributed by atoms with E-state index in [1.54, 1.807) is 7.05 Å². The van der Waals surface area contributed by atoms with Gasteiger partial charge in [0.2, 0.25) is 0 Å². The lowest BCUT2D eigenvalue weighted by Gasteiger charge is -2.14. The highest BCUT2D eigenvalue weighted by Gasteiger charge is 2.13. The normalized spacial score (nSPS) is 12.8. The lowest BCUT2D eigenvalue weighted by Crippen LogP contribution is -2.12. The van der Waals surface area contributed by atoms with Gasteiger partial charge in [-0.3, -0.25) is 4.57 Å². The van der Waals surface area contributed by atoms with Crippen molar-refractivity contribution < 1.29 is 4.42 Å². The second-order valence-electron chi connectivity index (χ2n) is 5.14. The summed E-state index contributed by atoms with van der Waals surface area (Å²) in [6.07, 6.45) is 0. The summed E-state index contributed by atoms with van der Waals surface area (Å²) in [5.74, 6) is -0.366. The Labute approximate surface area is 130 Å². The number of aryl methyl sites for hydroxylation is 2. The predicted molar refractivity (Wildman–Crippen MR) is 86.4 cm³/mol. The molecule has 0 aliphatic rings. The van der Waals surface area contributed by atoms with Crippen molar-refractivity contribution in [3.63, 3.8) is 0 Å². The Bertz CT molecular complexity index is 880. The van der Waals surface area contributed by atoms with Gasteiger partial charge in [-0.05, 0) is 41.8 Å². The third-order valence-electron chi connectivity index (χ3n) is 3.72. The first-order chi connectivity index (χ1) is 9.97. The minimum absolute atomic E-state index is 0.258. The Morgan fingerprint density at radius 3 is 2.57 bits per heavy atom. The molecule has 1 unspecified atom stereocenters. The summed E-state index contributed by atoms with van der Waals surface area (Å²) in [7, 11) is 1.69. The zero-order valence-electron chi connectivity index (χ0n) is 11.8. The van der Waals surface area contributed by atoms with Gasteiger partial charge in [-0.25, -0.2) is 4.79 Å². The third-order valence-corrected chi connectivity index (χ3v) is 4.61. The van der Waals surface area contributed by atoms with Gasteiger partial charge >= 0.3 is 5.76 Å². The van der Waals surface area contributed by atoms with Gasteiger partial charge in [0.05, 0.1) is 11.6 Å². The number of benzene rings is 2. The van der Waals surface area contributed by atoms with Crippen LogP contribution in [-0.4, -0.2) is 4.57 Å². The van der Waals surface area contributed by atoms with Crippen LogP contribution in [0.5, 0.6) is 0 Å². The Morgan fingerprint density at radius 2 is 1.86 bits per heavy atom. The quantitative estimate of drug-likeness (QED) is 0.774. The molecule has 0 fully saturated rings. The van der Waals surface area contributed by atoms with Crippen LogP contribution in [0, 0.1) is 6.92 Å². The van der Waals surface area contributed by atoms with Gasteiger partial charge in [-0.2, -0.15) is 0 Å². The van der Waals surface area contributed by atoms with E-state index in [4.69, 9.17) is 10.2 Å². The molecular formula is C16H15BrN2O2. The molecule has 0 aliphatic carbocycles. The van der Waals surface area contributed by atoms with Crippen LogP contribution in [-0.2, 0) is 7.05 Å². The highest BCUT2D eigenvalue weighted by atomic mass is 79.9. The van der Waals surface area contributed by atoms with Gasteiger partial charge in [0, 0.05) is 11.5 Å². The van der Waals surface area contributed by atoms with Crippen molar-refractivity contribution in [2.24, 2.45) is 12.8 Å². The molecule has 108 valence electrons. The van der Waals surface area contributed by atoms with E-state index in [0.717, 1.165) is 26.7 Å². The average Bonchev–Trinajstić information content (AvgIpc) is 2.76. The van der Waals surface area contributed by atoms with E-state index in [1.165, 1.54) is 4.57 Å². The predicted octanol–water partition coefficient (Wildman–Crippen LogP) is 3.25. The number of nitrogens with zero attached hydrogens (tertiary/aromatic N) is 1. The SMILES string of the molecule is Cc1cc(C(N)c2ccc3c(c2)oc(=O)n3C)ccc1Br. The maximum absolute atomic E-state index is 11.5. The molecule has 0 saturated carbocycles. The summed E-state index contributed by atoms with van der Waals surface area (Å²) < 4.78 is 7.75. The van der Waals surface area contributed by atoms with Crippen molar-refractivity contribution in [1.29, 1.82) is 0 Å². The van der Waals surface area contributed by atoms with Gasteiger partial charge in [0.25, 0.3) is 0 Å². The lowest BCUT2D eigenvalue weighted by atomic mass is 9.98. The first-order valence-electron chi connectivity index (χ1n) is 6.58. The Hall–Kier alpha value is -1.85. The Morgan fingerprint density at radius 1 is 1.19 bits per heavy atom. The fourth-order valence-corrected chi connectivity index (χ4v) is 2.64. The van der Waals surface area contributed by atoms with Crippen LogP contribution < -0.4 is 11.5 Å². The average molecular weight is 347 g/mol. The largest absolute Gasteiger partial charge is 0.419 e. The van der Waals surface area contributed by atoms with Crippen molar-refractivity contribution in [3.8, 4) is 0 Å². The number of aromatic nitrogens is 1. The van der Waals surface area contributed by atoms with Gasteiger partial charge in [-0.15, -0.1) is 0 Å². The van der Waals surface area contributed by atoms with E-state index >= 15 is 0 Å². The van der Waals surface area contributed by atoms with Crippen LogP contribution in [0.3, 0.4) is 0 Å². The zero-order chi connectivity index (χ0) is 15.1. The highest BCUT2D eigenvalue weighted by molar-refractivity contribution is 9.10. The minimum atomic E-state index is -0.366. The van der Waals surface area contributed by atoms with Crippen LogP contribution in [0.25, 0.3) is 11.1 Å². The van der Waals surface area contributed by atoms with E-state index < -0.39 is 0 Å². The monoisotopic (exact) mass is 346 g/mol. The Balaban J connectivity index is 2.06. The summed E-state index contributed by atoms with van der Waals surface area (Å²) in [4.78, 5) is 11.5. The van der Waals surface area contributed by atoms with Crippen LogP contribution in [0.4, 0.5) is 0 Å². The second-order valence-corrected chi connectivity index (χ2v) is 5.99. The molecule has 1 aromatic heterocycles. The molecular weight excluding hydrogens is 332 g/mol. The summed E-state index contributed by atoms with van der Waals surface area (Å²) in [5.41, 5.74) is 10.7. The number of hydrogen-bond acceptors (Lipinski definition) is 3. The van der Waals surface area contributed by atoms with E-state index in [9.17, 15) is 4.79 Å². The Kier molecular flexibility index (Phi) is 3.47. The number of hydrogen-bond donors (Lipinski definition) is 1. The standard InChI is InChI=1S/C16H15BrN2O2/c1-9-7-10(3-5-12(9)17)15(18)11-4-6-13-14(8-11)21-16(20)19(13)2/h3-8,15H,18H2,1-2H3. The molecule has 0 radical (unpaired) electrons. The molecule has 1 atom stereocenters. The van der Waals surface area contributed by atoms with Crippen LogP contribution >= 0.6 is 15.9 Å². The topological polar surface area (TPSA) is 61.2 Å². The van der Waals surface area contributed by atoms with Crippen LogP contribution in [0.1, 0.15) is 22.7 Å². The van der Waals surface area contributed by atoms with Crippen LogP contribution in [0.15, 0.2) is 50.1 Å². The smallest absolute Gasteiger partial charge is 0.408 e. The molecule has 1 heterocycles. The molecule has 0 aliphatic heterocycles. The lowest BCUT2D eigenvalue weighted by molar-refractivity contribution is 0.527. The molecule has 3 rings (SSSR count). The number of rotatable bonds is 2. The van der Waals surface area contributed by atoms with Crippen molar-refractivity contribution in [1.82, 2.24) is 4.57 Å². The fraction of sp³-hybridized carbons (Fsp3) is 0.188. The van der Waals surface area contributed by atoms with Crippen molar-refractivity contribution in [3.05, 3.63) is 68.1 Å². The summed E-state index contributed by atoms with van der Waals surface area (Å²) in [5, 5.41) is 0. The van der Waals surface area contributed by atoms with E-state index in [0.29, 0.717) is 5.58 Å². The van der Waals surface area contributed by atoms with Crippen LogP contribution in [0.2, 0.25) is 0 Å². The number of halogens is 1. The number of oxazole rings is 1. The molecule has 2 N–H and O–H groups in total. The molecule has 0 saturated heterocycles. The molecule has 21 heavy (non-hydrogen) atoms. The van der Waals surface area contributed by atoms with Crippen molar-refractivity contribution in [2.75, 3.05) is 0 Å². The first kappa shape index (κ1) is 14.1. The number of fused-ring (bicyclic) bond motifs is 1. The third kappa shape index (κ3) is 2.43. The van der Waals surface area contributed by atoms with E-state index in [-0.39, 0.29) is 11.8 Å². The molecule has 0 amide bonds. The number of nitrogens with two attached hydrogens (primary N) is 1. The fourth-order valence-electron chi connectivity index (χ4n) is 2.40. The van der Waals surface area contributed by atoms with Gasteiger partial charge in [0.15, 0.2) is 5.58 Å². The second kappa shape index (κ2) is 5.16. The maximum atomic E-state index is 11.5. The first-order valence-corrected chi connectivity index (χ1v) is 7.38. The summed E-state index contributed by atoms with van der Waals surface area (Å²) in [6, 6.07) is 11.4. The molecule has 2 aromatic carbocycles. The zero-order valence-corrected chi connectivity index (χ0v) is 13.3. The maximum Gasteiger partial charge on any atom is 0.419 e. The minimum Gasteiger partial charge on any atom is -0.408 e. The highest BCUT2D eigenvalue weighted by Crippen LogP contribution is 2.26. The van der Waals surface area contributed by atoms with E-state index in [1.807, 2.05) is 37.3 Å². The van der Waals surface area contributed by atoms with Gasteiger partial charge in [-0.1, -0.05) is 34.1 Å². The molecule has 4 nitrogen and oxygen atoms in total. The summed E-state index contributed by atoms with van der Waals surface area (Å²) in [6.45, 7) is 2.03. The van der Waals surface area contributed by atoms with Crippen molar-refractivity contribution >= 4 is 27.0 Å². The van der Waals surface area contributed by atoms with Crippen molar-refractivity contribution in [2.45, 2.75) is 13.0 Å². The van der Waals surface area contributed by atoms with E-state index in [2.05, 4.69) is 22.0 Å². The van der Waals surface area contributed by atoms with Gasteiger partial charge < -0.3 is 10.2 Å². The molecule has 0 bridgehead atoms. The molecule has 3 aromatic rings. The molecule has 0 spiro atoms. The summed E-state index contributed by atoms with van der Waals surface area (Å²) >= 11 is 3.48. The van der Waals surface area contributed by atoms with Gasteiger partial charge in [0.1, 0.15) is 0 Å².